The number of methoxy groups -OCH3 is 1. The lowest BCUT2D eigenvalue weighted by Crippen LogP contribution is -2.47. The van der Waals surface area contributed by atoms with Gasteiger partial charge in [-0.15, -0.1) is 0 Å². The summed E-state index contributed by atoms with van der Waals surface area (Å²) in [4.78, 5) is 8.56. The average Bonchev–Trinajstić information content (AvgIpc) is 3.41. The van der Waals surface area contributed by atoms with Gasteiger partial charge in [-0.3, -0.25) is 4.90 Å². The van der Waals surface area contributed by atoms with Crippen LogP contribution >= 0.6 is 0 Å². The van der Waals surface area contributed by atoms with Crippen LogP contribution in [0.15, 0.2) is 42.5 Å². The Balaban J connectivity index is 1.52. The Labute approximate surface area is 177 Å². The number of nitrogens with zero attached hydrogens (tertiary/aromatic N) is 2. The molecule has 9 heteroatoms. The van der Waals surface area contributed by atoms with Crippen molar-refractivity contribution >= 4 is 16.7 Å². The van der Waals surface area contributed by atoms with Gasteiger partial charge in [0.1, 0.15) is 17.9 Å². The second-order valence-corrected chi connectivity index (χ2v) is 7.96. The predicted octanol–water partition coefficient (Wildman–Crippen LogP) is 4.22. The molecule has 3 atom stereocenters. The minimum atomic E-state index is -4.53. The standard InChI is InChI=1S/C22H23F3N4O2/c1-30-13-9-10-29(11-13)17-12-31-18-8-3-2-5-14(18)19(17)26-15-6-4-7-16-20(15)28-21(27-16)22(23,24)25/h2-8,13,17,19,26H,9-12H2,1H3,(H,27,28). The Morgan fingerprint density at radius 1 is 1.19 bits per heavy atom. The van der Waals surface area contributed by atoms with Crippen LogP contribution in [-0.4, -0.2) is 53.8 Å². The molecule has 1 aromatic heterocycles. The number of imidazole rings is 1. The first-order chi connectivity index (χ1) is 14.9. The normalized spacial score (nSPS) is 24.2. The van der Waals surface area contributed by atoms with Gasteiger partial charge in [0.25, 0.3) is 0 Å². The van der Waals surface area contributed by atoms with E-state index in [1.54, 1.807) is 25.3 Å². The van der Waals surface area contributed by atoms with E-state index in [1.165, 1.54) is 0 Å². The lowest BCUT2D eigenvalue weighted by atomic mass is 9.94. The fraction of sp³-hybridized carbons (Fsp3) is 0.409. The third kappa shape index (κ3) is 3.72. The van der Waals surface area contributed by atoms with E-state index in [9.17, 15) is 13.2 Å². The maximum Gasteiger partial charge on any atom is 0.449 e. The lowest BCUT2D eigenvalue weighted by molar-refractivity contribution is -0.144. The van der Waals surface area contributed by atoms with Crippen LogP contribution in [0, 0.1) is 0 Å². The zero-order valence-electron chi connectivity index (χ0n) is 16.9. The van der Waals surface area contributed by atoms with Crippen molar-refractivity contribution in [2.45, 2.75) is 30.8 Å². The molecule has 164 valence electrons. The summed E-state index contributed by atoms with van der Waals surface area (Å²) in [5.41, 5.74) is 2.14. The summed E-state index contributed by atoms with van der Waals surface area (Å²) >= 11 is 0. The van der Waals surface area contributed by atoms with E-state index >= 15 is 0 Å². The maximum atomic E-state index is 13.2. The number of alkyl halides is 3. The molecule has 6 nitrogen and oxygen atoms in total. The van der Waals surface area contributed by atoms with Crippen molar-refractivity contribution in [2.24, 2.45) is 0 Å². The number of hydrogen-bond acceptors (Lipinski definition) is 5. The highest BCUT2D eigenvalue weighted by molar-refractivity contribution is 5.88. The molecule has 0 spiro atoms. The van der Waals surface area contributed by atoms with Crippen LogP contribution in [-0.2, 0) is 10.9 Å². The summed E-state index contributed by atoms with van der Waals surface area (Å²) in [5, 5.41) is 3.49. The molecule has 31 heavy (non-hydrogen) atoms. The highest BCUT2D eigenvalue weighted by Gasteiger charge is 2.39. The quantitative estimate of drug-likeness (QED) is 0.647. The van der Waals surface area contributed by atoms with Crippen LogP contribution < -0.4 is 10.1 Å². The molecule has 3 unspecified atom stereocenters. The number of benzene rings is 2. The number of aromatic amines is 1. The van der Waals surface area contributed by atoms with Gasteiger partial charge in [0.15, 0.2) is 0 Å². The van der Waals surface area contributed by atoms with E-state index in [0.717, 1.165) is 30.8 Å². The van der Waals surface area contributed by atoms with E-state index < -0.39 is 12.0 Å². The zero-order chi connectivity index (χ0) is 21.6. The Morgan fingerprint density at radius 3 is 2.81 bits per heavy atom. The monoisotopic (exact) mass is 432 g/mol. The van der Waals surface area contributed by atoms with Crippen molar-refractivity contribution in [1.82, 2.24) is 14.9 Å². The van der Waals surface area contributed by atoms with E-state index in [2.05, 4.69) is 20.2 Å². The fourth-order valence-corrected chi connectivity index (χ4v) is 4.54. The average molecular weight is 432 g/mol. The number of fused-ring (bicyclic) bond motifs is 2. The maximum absolute atomic E-state index is 13.2. The summed E-state index contributed by atoms with van der Waals surface area (Å²) in [5.74, 6) is -0.216. The number of anilines is 1. The number of halogens is 3. The van der Waals surface area contributed by atoms with Crippen molar-refractivity contribution in [3.8, 4) is 5.75 Å². The van der Waals surface area contributed by atoms with Gasteiger partial charge >= 0.3 is 6.18 Å². The van der Waals surface area contributed by atoms with E-state index in [-0.39, 0.29) is 23.7 Å². The molecule has 5 rings (SSSR count). The summed E-state index contributed by atoms with van der Waals surface area (Å²) in [6, 6.07) is 12.7. The van der Waals surface area contributed by atoms with Crippen molar-refractivity contribution in [3.63, 3.8) is 0 Å². The molecular weight excluding hydrogens is 409 g/mol. The van der Waals surface area contributed by atoms with Gasteiger partial charge in [0.05, 0.1) is 29.4 Å². The molecule has 3 heterocycles. The molecular formula is C22H23F3N4O2. The number of hydrogen-bond donors (Lipinski definition) is 2. The Kier molecular flexibility index (Phi) is 5.02. The SMILES string of the molecule is COC1CCN(C2COc3ccccc3C2Nc2cccc3[nH]c(C(F)(F)F)nc23)C1. The predicted molar refractivity (Wildman–Crippen MR) is 110 cm³/mol. The van der Waals surface area contributed by atoms with Gasteiger partial charge in [0.2, 0.25) is 5.82 Å². The molecule has 2 aromatic carbocycles. The molecule has 0 amide bonds. The van der Waals surface area contributed by atoms with Gasteiger partial charge in [-0.05, 0) is 24.6 Å². The molecule has 0 aliphatic carbocycles. The Bertz CT molecular complexity index is 1080. The first kappa shape index (κ1) is 20.1. The van der Waals surface area contributed by atoms with Crippen molar-refractivity contribution in [3.05, 3.63) is 53.9 Å². The number of likely N-dealkylation sites (tertiary alicyclic amines) is 1. The number of rotatable bonds is 4. The molecule has 0 radical (unpaired) electrons. The van der Waals surface area contributed by atoms with Gasteiger partial charge in [-0.2, -0.15) is 13.2 Å². The highest BCUT2D eigenvalue weighted by Crippen LogP contribution is 2.39. The highest BCUT2D eigenvalue weighted by atomic mass is 19.4. The van der Waals surface area contributed by atoms with Gasteiger partial charge in [-0.25, -0.2) is 4.98 Å². The summed E-state index contributed by atoms with van der Waals surface area (Å²) < 4.78 is 51.2. The van der Waals surface area contributed by atoms with E-state index in [0.29, 0.717) is 17.8 Å². The number of para-hydroxylation sites is 2. The number of ether oxygens (including phenoxy) is 2. The van der Waals surface area contributed by atoms with Crippen molar-refractivity contribution in [2.75, 3.05) is 32.1 Å². The van der Waals surface area contributed by atoms with Crippen LogP contribution in [0.2, 0.25) is 0 Å². The second-order valence-electron chi connectivity index (χ2n) is 7.96. The number of H-pyrrole nitrogens is 1. The lowest BCUT2D eigenvalue weighted by Gasteiger charge is -2.39. The first-order valence-corrected chi connectivity index (χ1v) is 10.2. The second kappa shape index (κ2) is 7.72. The minimum absolute atomic E-state index is 0.00587. The summed E-state index contributed by atoms with van der Waals surface area (Å²) in [7, 11) is 1.72. The van der Waals surface area contributed by atoms with E-state index in [1.807, 2.05) is 24.3 Å². The van der Waals surface area contributed by atoms with Crippen molar-refractivity contribution in [1.29, 1.82) is 0 Å². The molecule has 1 saturated heterocycles. The van der Waals surface area contributed by atoms with Gasteiger partial charge in [0, 0.05) is 25.8 Å². The molecule has 0 bridgehead atoms. The summed E-state index contributed by atoms with van der Waals surface area (Å²) in [6.45, 7) is 2.14. The summed E-state index contributed by atoms with van der Waals surface area (Å²) in [6.07, 6.45) is -3.43. The van der Waals surface area contributed by atoms with Crippen LogP contribution in [0.5, 0.6) is 5.75 Å². The molecule has 2 aliphatic heterocycles. The third-order valence-electron chi connectivity index (χ3n) is 6.12. The largest absolute Gasteiger partial charge is 0.491 e. The Hall–Kier alpha value is -2.78. The van der Waals surface area contributed by atoms with E-state index in [4.69, 9.17) is 9.47 Å². The molecule has 2 N–H and O–H groups in total. The molecule has 1 fully saturated rings. The van der Waals surface area contributed by atoms with Crippen LogP contribution in [0.1, 0.15) is 23.9 Å². The molecule has 0 saturated carbocycles. The van der Waals surface area contributed by atoms with Crippen LogP contribution in [0.25, 0.3) is 11.0 Å². The third-order valence-corrected chi connectivity index (χ3v) is 6.12. The molecule has 2 aliphatic rings. The Morgan fingerprint density at radius 2 is 2.03 bits per heavy atom. The van der Waals surface area contributed by atoms with Crippen LogP contribution in [0.3, 0.4) is 0 Å². The topological polar surface area (TPSA) is 62.4 Å². The first-order valence-electron chi connectivity index (χ1n) is 10.2. The van der Waals surface area contributed by atoms with Crippen molar-refractivity contribution < 1.29 is 22.6 Å². The van der Waals surface area contributed by atoms with Crippen LogP contribution in [0.4, 0.5) is 18.9 Å². The minimum Gasteiger partial charge on any atom is -0.491 e. The number of nitrogens with one attached hydrogen (secondary N) is 2. The number of aromatic nitrogens is 2. The smallest absolute Gasteiger partial charge is 0.449 e. The van der Waals surface area contributed by atoms with Gasteiger partial charge in [-0.1, -0.05) is 24.3 Å². The van der Waals surface area contributed by atoms with Gasteiger partial charge < -0.3 is 19.8 Å². The molecule has 3 aromatic rings. The fourth-order valence-electron chi connectivity index (χ4n) is 4.54. The zero-order valence-corrected chi connectivity index (χ0v) is 16.9.